The standard InChI is InChI=1S/C16H19NO2S/c1-2-8-19-12-5-3-11(4-6-12)13-10-15(18)17-14-7-9-20-16(13)14/h1,3-6,13-18H,7-10H2. The second kappa shape index (κ2) is 6.09. The highest BCUT2D eigenvalue weighted by Gasteiger charge is 2.40. The van der Waals surface area contributed by atoms with E-state index in [9.17, 15) is 5.11 Å². The van der Waals surface area contributed by atoms with Gasteiger partial charge in [-0.05, 0) is 36.3 Å². The molecule has 2 saturated heterocycles. The van der Waals surface area contributed by atoms with Crippen LogP contribution in [0.5, 0.6) is 5.75 Å². The number of aliphatic hydroxyl groups is 1. The van der Waals surface area contributed by atoms with Crippen molar-refractivity contribution in [2.24, 2.45) is 0 Å². The topological polar surface area (TPSA) is 41.5 Å². The van der Waals surface area contributed by atoms with Crippen LogP contribution >= 0.6 is 11.8 Å². The summed E-state index contributed by atoms with van der Waals surface area (Å²) in [4.78, 5) is 0. The maximum absolute atomic E-state index is 9.99. The molecule has 0 spiro atoms. The van der Waals surface area contributed by atoms with Crippen LogP contribution in [0, 0.1) is 12.3 Å². The van der Waals surface area contributed by atoms with E-state index < -0.39 is 6.23 Å². The van der Waals surface area contributed by atoms with Gasteiger partial charge in [-0.25, -0.2) is 0 Å². The minimum Gasteiger partial charge on any atom is -0.481 e. The molecule has 2 heterocycles. The number of aliphatic hydroxyl groups excluding tert-OH is 1. The first kappa shape index (κ1) is 13.8. The number of piperidine rings is 1. The average molecular weight is 289 g/mol. The van der Waals surface area contributed by atoms with Crippen LogP contribution in [0.15, 0.2) is 24.3 Å². The minimum absolute atomic E-state index is 0.298. The van der Waals surface area contributed by atoms with Gasteiger partial charge in [0.05, 0.1) is 0 Å². The van der Waals surface area contributed by atoms with Crippen LogP contribution in [-0.2, 0) is 0 Å². The zero-order valence-electron chi connectivity index (χ0n) is 11.3. The molecule has 0 aromatic heterocycles. The molecular weight excluding hydrogens is 270 g/mol. The van der Waals surface area contributed by atoms with Gasteiger partial charge in [0.2, 0.25) is 0 Å². The molecule has 2 fully saturated rings. The molecule has 4 heteroatoms. The van der Waals surface area contributed by atoms with Gasteiger partial charge in [-0.15, -0.1) is 6.42 Å². The largest absolute Gasteiger partial charge is 0.481 e. The van der Waals surface area contributed by atoms with Gasteiger partial charge in [0.1, 0.15) is 18.6 Å². The maximum Gasteiger partial charge on any atom is 0.148 e. The Hall–Kier alpha value is -1.15. The van der Waals surface area contributed by atoms with Gasteiger partial charge in [0.15, 0.2) is 0 Å². The molecule has 0 saturated carbocycles. The number of terminal acetylenes is 1. The molecule has 4 unspecified atom stereocenters. The summed E-state index contributed by atoms with van der Waals surface area (Å²) in [7, 11) is 0. The van der Waals surface area contributed by atoms with Crippen molar-refractivity contribution in [2.45, 2.75) is 36.3 Å². The summed E-state index contributed by atoms with van der Waals surface area (Å²) in [5.41, 5.74) is 1.28. The van der Waals surface area contributed by atoms with Gasteiger partial charge in [-0.2, -0.15) is 11.8 Å². The van der Waals surface area contributed by atoms with Gasteiger partial charge in [0.25, 0.3) is 0 Å². The Balaban J connectivity index is 1.75. The lowest BCUT2D eigenvalue weighted by Gasteiger charge is -2.37. The number of fused-ring (bicyclic) bond motifs is 1. The summed E-state index contributed by atoms with van der Waals surface area (Å²) in [6.07, 6.45) is 6.71. The monoisotopic (exact) mass is 289 g/mol. The van der Waals surface area contributed by atoms with E-state index in [1.807, 2.05) is 23.9 Å². The zero-order chi connectivity index (χ0) is 13.9. The molecule has 0 bridgehead atoms. The molecule has 3 nitrogen and oxygen atoms in total. The van der Waals surface area contributed by atoms with Gasteiger partial charge in [0, 0.05) is 17.2 Å². The number of ether oxygens (including phenoxy) is 1. The normalized spacial score (nSPS) is 32.4. The number of thioether (sulfide) groups is 1. The molecule has 0 radical (unpaired) electrons. The van der Waals surface area contributed by atoms with Crippen LogP contribution in [0.1, 0.15) is 24.3 Å². The maximum atomic E-state index is 9.99. The van der Waals surface area contributed by atoms with Crippen molar-refractivity contribution in [3.8, 4) is 18.1 Å². The lowest BCUT2D eigenvalue weighted by Crippen LogP contribution is -2.50. The fourth-order valence-corrected chi connectivity index (χ4v) is 4.75. The van der Waals surface area contributed by atoms with Crippen LogP contribution in [-0.4, -0.2) is 35.0 Å². The molecule has 4 atom stereocenters. The van der Waals surface area contributed by atoms with Crippen molar-refractivity contribution < 1.29 is 9.84 Å². The molecule has 0 amide bonds. The van der Waals surface area contributed by atoms with Crippen LogP contribution < -0.4 is 10.1 Å². The highest BCUT2D eigenvalue weighted by atomic mass is 32.2. The Labute approximate surface area is 124 Å². The van der Waals surface area contributed by atoms with E-state index in [1.165, 1.54) is 11.3 Å². The molecule has 2 aliphatic rings. The third-order valence-corrected chi connectivity index (χ3v) is 5.56. The van der Waals surface area contributed by atoms with E-state index in [0.29, 0.717) is 23.8 Å². The molecule has 2 N–H and O–H groups in total. The quantitative estimate of drug-likeness (QED) is 0.835. The Bertz CT molecular complexity index is 496. The van der Waals surface area contributed by atoms with Crippen molar-refractivity contribution in [3.05, 3.63) is 29.8 Å². The van der Waals surface area contributed by atoms with Crippen LogP contribution in [0.2, 0.25) is 0 Å². The van der Waals surface area contributed by atoms with Gasteiger partial charge in [-0.1, -0.05) is 18.1 Å². The molecule has 0 aliphatic carbocycles. The second-order valence-corrected chi connectivity index (χ2v) is 6.60. The molecule has 2 aliphatic heterocycles. The summed E-state index contributed by atoms with van der Waals surface area (Å²) in [5.74, 6) is 4.85. The predicted molar refractivity (Wildman–Crippen MR) is 81.9 cm³/mol. The fourth-order valence-electron chi connectivity index (χ4n) is 3.14. The predicted octanol–water partition coefficient (Wildman–Crippen LogP) is 1.97. The SMILES string of the molecule is C#CCOc1ccc(C2CC(O)NC3CCSC32)cc1. The molecule has 1 aromatic carbocycles. The number of benzene rings is 1. The first-order chi connectivity index (χ1) is 9.78. The van der Waals surface area contributed by atoms with E-state index in [4.69, 9.17) is 11.2 Å². The highest BCUT2D eigenvalue weighted by molar-refractivity contribution is 8.00. The van der Waals surface area contributed by atoms with Crippen molar-refractivity contribution in [1.82, 2.24) is 5.32 Å². The zero-order valence-corrected chi connectivity index (χ0v) is 12.1. The van der Waals surface area contributed by atoms with Gasteiger partial charge < -0.3 is 9.84 Å². The summed E-state index contributed by atoms with van der Waals surface area (Å²) >= 11 is 2.02. The molecule has 3 rings (SSSR count). The first-order valence-electron chi connectivity index (χ1n) is 7.00. The molecule has 106 valence electrons. The molecule has 20 heavy (non-hydrogen) atoms. The van der Waals surface area contributed by atoms with Gasteiger partial charge >= 0.3 is 0 Å². The highest BCUT2D eigenvalue weighted by Crippen LogP contribution is 2.43. The Morgan fingerprint density at radius 3 is 2.95 bits per heavy atom. The van der Waals surface area contributed by atoms with Crippen LogP contribution in [0.4, 0.5) is 0 Å². The summed E-state index contributed by atoms with van der Waals surface area (Å²) < 4.78 is 5.40. The molecule has 1 aromatic rings. The van der Waals surface area contributed by atoms with E-state index in [0.717, 1.165) is 18.6 Å². The smallest absolute Gasteiger partial charge is 0.148 e. The summed E-state index contributed by atoms with van der Waals surface area (Å²) in [5, 5.41) is 13.9. The minimum atomic E-state index is -0.391. The molecular formula is C16H19NO2S. The third kappa shape index (κ3) is 2.80. The average Bonchev–Trinajstić information content (AvgIpc) is 2.93. The first-order valence-corrected chi connectivity index (χ1v) is 8.05. The number of hydrogen-bond acceptors (Lipinski definition) is 4. The van der Waals surface area contributed by atoms with Crippen molar-refractivity contribution in [2.75, 3.05) is 12.4 Å². The second-order valence-electron chi connectivity index (χ2n) is 5.32. The van der Waals surface area contributed by atoms with Crippen LogP contribution in [0.25, 0.3) is 0 Å². The number of rotatable bonds is 3. The van der Waals surface area contributed by atoms with E-state index in [2.05, 4.69) is 23.4 Å². The number of hydrogen-bond donors (Lipinski definition) is 2. The fraction of sp³-hybridized carbons (Fsp3) is 0.500. The Morgan fingerprint density at radius 2 is 2.20 bits per heavy atom. The Kier molecular flexibility index (Phi) is 4.21. The lowest BCUT2D eigenvalue weighted by atomic mass is 9.84. The number of nitrogens with one attached hydrogen (secondary N) is 1. The van der Waals surface area contributed by atoms with Crippen LogP contribution in [0.3, 0.4) is 0 Å². The summed E-state index contributed by atoms with van der Waals surface area (Å²) in [6.45, 7) is 0.298. The van der Waals surface area contributed by atoms with Gasteiger partial charge in [-0.3, -0.25) is 5.32 Å². The van der Waals surface area contributed by atoms with E-state index >= 15 is 0 Å². The van der Waals surface area contributed by atoms with Crippen molar-refractivity contribution in [1.29, 1.82) is 0 Å². The Morgan fingerprint density at radius 1 is 1.40 bits per heavy atom. The lowest BCUT2D eigenvalue weighted by molar-refractivity contribution is 0.0794. The van der Waals surface area contributed by atoms with E-state index in [-0.39, 0.29) is 0 Å². The third-order valence-electron chi connectivity index (χ3n) is 4.05. The van der Waals surface area contributed by atoms with E-state index in [1.54, 1.807) is 0 Å². The van der Waals surface area contributed by atoms with Crippen molar-refractivity contribution in [3.63, 3.8) is 0 Å². The van der Waals surface area contributed by atoms with Crippen molar-refractivity contribution >= 4 is 11.8 Å². The summed E-state index contributed by atoms with van der Waals surface area (Å²) in [6, 6.07) is 8.58.